The van der Waals surface area contributed by atoms with Crippen LogP contribution in [-0.4, -0.2) is 14.8 Å². The molecule has 0 saturated carbocycles. The number of hydrogen-bond donors (Lipinski definition) is 0. The average molecular weight is 310 g/mol. The van der Waals surface area contributed by atoms with Crippen molar-refractivity contribution in [2.45, 2.75) is 6.61 Å². The van der Waals surface area contributed by atoms with E-state index in [0.29, 0.717) is 5.75 Å². The highest BCUT2D eigenvalue weighted by Crippen LogP contribution is 2.35. The van der Waals surface area contributed by atoms with E-state index in [2.05, 4.69) is 4.98 Å². The quantitative estimate of drug-likeness (QED) is 0.620. The molecule has 108 valence electrons. The third-order valence-electron chi connectivity index (χ3n) is 2.53. The number of hydrogen-bond acceptors (Lipinski definition) is 6. The molecule has 0 atom stereocenters. The number of aromatic nitrogens is 1. The molecular weight excluding hydrogens is 302 g/mol. The molecule has 0 fully saturated rings. The standard InChI is InChI=1S/C12H8ClN3O5/c13-12-10(15(17)18)4-8(5-11(12)16(19)20)7-21-9-2-1-3-14-6-9/h1-6H,7H2. The molecule has 1 heterocycles. The van der Waals surface area contributed by atoms with Crippen molar-refractivity contribution < 1.29 is 14.6 Å². The Labute approximate surface area is 123 Å². The van der Waals surface area contributed by atoms with Crippen molar-refractivity contribution >= 4 is 23.0 Å². The van der Waals surface area contributed by atoms with E-state index in [1.54, 1.807) is 18.3 Å². The van der Waals surface area contributed by atoms with Gasteiger partial charge in [0.1, 0.15) is 12.4 Å². The Morgan fingerprint density at radius 1 is 1.19 bits per heavy atom. The van der Waals surface area contributed by atoms with Gasteiger partial charge in [-0.15, -0.1) is 0 Å². The van der Waals surface area contributed by atoms with Gasteiger partial charge in [-0.25, -0.2) is 0 Å². The van der Waals surface area contributed by atoms with Gasteiger partial charge in [-0.1, -0.05) is 11.6 Å². The molecular formula is C12H8ClN3O5. The molecule has 0 amide bonds. The normalized spacial score (nSPS) is 10.1. The summed E-state index contributed by atoms with van der Waals surface area (Å²) >= 11 is 5.65. The number of benzene rings is 1. The second-order valence-electron chi connectivity index (χ2n) is 3.94. The van der Waals surface area contributed by atoms with Crippen molar-refractivity contribution in [1.82, 2.24) is 4.98 Å². The zero-order chi connectivity index (χ0) is 15.4. The SMILES string of the molecule is O=[N+]([O-])c1cc(COc2cccnc2)cc([N+](=O)[O-])c1Cl. The molecule has 0 radical (unpaired) electrons. The third kappa shape index (κ3) is 3.42. The fourth-order valence-electron chi connectivity index (χ4n) is 1.60. The molecule has 0 spiro atoms. The zero-order valence-corrected chi connectivity index (χ0v) is 11.2. The molecule has 1 aromatic heterocycles. The Kier molecular flexibility index (Phi) is 4.29. The fraction of sp³-hybridized carbons (Fsp3) is 0.0833. The maximum atomic E-state index is 10.9. The highest BCUT2D eigenvalue weighted by Gasteiger charge is 2.25. The van der Waals surface area contributed by atoms with Gasteiger partial charge < -0.3 is 4.74 Å². The van der Waals surface area contributed by atoms with Gasteiger partial charge in [0, 0.05) is 23.9 Å². The summed E-state index contributed by atoms with van der Waals surface area (Å²) in [7, 11) is 0. The highest BCUT2D eigenvalue weighted by molar-refractivity contribution is 6.34. The van der Waals surface area contributed by atoms with Crippen LogP contribution < -0.4 is 4.74 Å². The van der Waals surface area contributed by atoms with E-state index in [9.17, 15) is 20.2 Å². The lowest BCUT2D eigenvalue weighted by atomic mass is 10.2. The summed E-state index contributed by atoms with van der Waals surface area (Å²) in [6.07, 6.45) is 3.02. The molecule has 0 N–H and O–H groups in total. The predicted molar refractivity (Wildman–Crippen MR) is 73.3 cm³/mol. The molecule has 0 aliphatic heterocycles. The zero-order valence-electron chi connectivity index (χ0n) is 10.4. The molecule has 0 aliphatic rings. The summed E-state index contributed by atoms with van der Waals surface area (Å²) in [4.78, 5) is 24.0. The number of rotatable bonds is 5. The molecule has 21 heavy (non-hydrogen) atoms. The van der Waals surface area contributed by atoms with E-state index in [0.717, 1.165) is 12.1 Å². The maximum absolute atomic E-state index is 10.9. The largest absolute Gasteiger partial charge is 0.487 e. The van der Waals surface area contributed by atoms with Crippen LogP contribution >= 0.6 is 11.6 Å². The van der Waals surface area contributed by atoms with Crippen molar-refractivity contribution in [3.63, 3.8) is 0 Å². The summed E-state index contributed by atoms with van der Waals surface area (Å²) in [6, 6.07) is 5.59. The molecule has 0 saturated heterocycles. The number of nitrogens with zero attached hydrogens (tertiary/aromatic N) is 3. The number of ether oxygens (including phenoxy) is 1. The predicted octanol–water partition coefficient (Wildman–Crippen LogP) is 3.13. The van der Waals surface area contributed by atoms with Crippen LogP contribution in [-0.2, 0) is 6.61 Å². The first-order chi connectivity index (χ1) is 9.99. The van der Waals surface area contributed by atoms with Gasteiger partial charge >= 0.3 is 0 Å². The number of pyridine rings is 1. The Hall–Kier alpha value is -2.74. The summed E-state index contributed by atoms with van der Waals surface area (Å²) in [6.45, 7) is -0.0788. The van der Waals surface area contributed by atoms with Crippen LogP contribution in [0.25, 0.3) is 0 Å². The lowest BCUT2D eigenvalue weighted by molar-refractivity contribution is -0.394. The summed E-state index contributed by atoms with van der Waals surface area (Å²) in [5.74, 6) is 0.442. The lowest BCUT2D eigenvalue weighted by Crippen LogP contribution is -2.01. The lowest BCUT2D eigenvalue weighted by Gasteiger charge is -2.06. The van der Waals surface area contributed by atoms with Crippen molar-refractivity contribution in [3.8, 4) is 5.75 Å². The molecule has 0 bridgehead atoms. The first kappa shape index (κ1) is 14.7. The Morgan fingerprint density at radius 3 is 2.29 bits per heavy atom. The van der Waals surface area contributed by atoms with Crippen LogP contribution in [0, 0.1) is 20.2 Å². The number of halogens is 1. The molecule has 0 aliphatic carbocycles. The van der Waals surface area contributed by atoms with Crippen molar-refractivity contribution in [2.24, 2.45) is 0 Å². The molecule has 9 heteroatoms. The van der Waals surface area contributed by atoms with Gasteiger partial charge in [0.05, 0.1) is 16.0 Å². The molecule has 0 unspecified atom stereocenters. The van der Waals surface area contributed by atoms with E-state index < -0.39 is 26.2 Å². The number of nitro benzene ring substituents is 2. The number of nitro groups is 2. The molecule has 2 rings (SSSR count). The minimum Gasteiger partial charge on any atom is -0.487 e. The Balaban J connectivity index is 2.31. The molecule has 2 aromatic rings. The first-order valence-corrected chi connectivity index (χ1v) is 6.01. The third-order valence-corrected chi connectivity index (χ3v) is 2.91. The summed E-state index contributed by atoms with van der Waals surface area (Å²) in [5.41, 5.74) is -0.798. The Bertz CT molecular complexity index is 658. The van der Waals surface area contributed by atoms with Gasteiger partial charge in [-0.05, 0) is 12.1 Å². The van der Waals surface area contributed by atoms with Crippen LogP contribution in [0.4, 0.5) is 11.4 Å². The smallest absolute Gasteiger partial charge is 0.295 e. The Morgan fingerprint density at radius 2 is 1.81 bits per heavy atom. The van der Waals surface area contributed by atoms with Gasteiger partial charge in [-0.3, -0.25) is 25.2 Å². The first-order valence-electron chi connectivity index (χ1n) is 5.63. The topological polar surface area (TPSA) is 108 Å². The van der Waals surface area contributed by atoms with Crippen molar-refractivity contribution in [3.05, 3.63) is 67.5 Å². The van der Waals surface area contributed by atoms with Crippen LogP contribution in [0.3, 0.4) is 0 Å². The summed E-state index contributed by atoms with van der Waals surface area (Å²) < 4.78 is 5.35. The van der Waals surface area contributed by atoms with E-state index in [1.165, 1.54) is 6.20 Å². The minimum absolute atomic E-state index is 0.0788. The van der Waals surface area contributed by atoms with Crippen LogP contribution in [0.5, 0.6) is 5.75 Å². The van der Waals surface area contributed by atoms with Gasteiger partial charge in [0.15, 0.2) is 5.02 Å². The second kappa shape index (κ2) is 6.14. The monoisotopic (exact) mass is 309 g/mol. The van der Waals surface area contributed by atoms with Gasteiger partial charge in [0.25, 0.3) is 11.4 Å². The molecule has 8 nitrogen and oxygen atoms in total. The fourth-order valence-corrected chi connectivity index (χ4v) is 1.85. The van der Waals surface area contributed by atoms with E-state index in [-0.39, 0.29) is 12.2 Å². The molecule has 1 aromatic carbocycles. The van der Waals surface area contributed by atoms with Crippen LogP contribution in [0.15, 0.2) is 36.7 Å². The van der Waals surface area contributed by atoms with Crippen molar-refractivity contribution in [2.75, 3.05) is 0 Å². The maximum Gasteiger partial charge on any atom is 0.295 e. The van der Waals surface area contributed by atoms with Gasteiger partial charge in [0.2, 0.25) is 0 Å². The minimum atomic E-state index is -0.775. The van der Waals surface area contributed by atoms with Crippen LogP contribution in [0.1, 0.15) is 5.56 Å². The van der Waals surface area contributed by atoms with Gasteiger partial charge in [-0.2, -0.15) is 0 Å². The second-order valence-corrected chi connectivity index (χ2v) is 4.32. The van der Waals surface area contributed by atoms with E-state index >= 15 is 0 Å². The van der Waals surface area contributed by atoms with Crippen LogP contribution in [0.2, 0.25) is 5.02 Å². The van der Waals surface area contributed by atoms with E-state index in [4.69, 9.17) is 16.3 Å². The highest BCUT2D eigenvalue weighted by atomic mass is 35.5. The van der Waals surface area contributed by atoms with E-state index in [1.807, 2.05) is 0 Å². The summed E-state index contributed by atoms with van der Waals surface area (Å²) in [5, 5.41) is 21.2. The average Bonchev–Trinajstić information content (AvgIpc) is 2.46. The van der Waals surface area contributed by atoms with Crippen molar-refractivity contribution in [1.29, 1.82) is 0 Å².